The number of nitrogens with zero attached hydrogens (tertiary/aromatic N) is 2. The first-order valence-electron chi connectivity index (χ1n) is 11.8. The van der Waals surface area contributed by atoms with Crippen LogP contribution in [0.4, 0.5) is 5.69 Å². The zero-order valence-electron chi connectivity index (χ0n) is 20.4. The number of piperidine rings is 1. The number of rotatable bonds is 6. The Kier molecular flexibility index (Phi) is 7.19. The fourth-order valence-electron chi connectivity index (χ4n) is 4.97. The number of pyridine rings is 1. The minimum Gasteiger partial charge on any atom is -0.457 e. The molecule has 0 aliphatic carbocycles. The molecule has 6 heteroatoms. The van der Waals surface area contributed by atoms with Gasteiger partial charge in [-0.05, 0) is 107 Å². The van der Waals surface area contributed by atoms with Crippen molar-refractivity contribution in [1.29, 1.82) is 0 Å². The molecule has 34 heavy (non-hydrogen) atoms. The first kappa shape index (κ1) is 24.2. The number of ether oxygens (including phenoxy) is 1. The lowest BCUT2D eigenvalue weighted by Gasteiger charge is -2.50. The van der Waals surface area contributed by atoms with E-state index in [0.717, 1.165) is 41.7 Å². The van der Waals surface area contributed by atoms with E-state index >= 15 is 0 Å². The smallest absolute Gasteiger partial charge is 0.173 e. The highest BCUT2D eigenvalue weighted by atomic mass is 32.1. The molecule has 1 saturated heterocycles. The Hall–Kier alpha value is -2.96. The Labute approximate surface area is 208 Å². The summed E-state index contributed by atoms with van der Waals surface area (Å²) in [5.41, 5.74) is 2.18. The molecule has 2 aromatic carbocycles. The first-order chi connectivity index (χ1) is 16.2. The first-order valence-corrected chi connectivity index (χ1v) is 12.2. The zero-order valence-corrected chi connectivity index (χ0v) is 21.2. The van der Waals surface area contributed by atoms with E-state index in [0.29, 0.717) is 6.04 Å². The molecular formula is C28H34N4OS. The number of benzene rings is 2. The van der Waals surface area contributed by atoms with Crippen LogP contribution in [0.25, 0.3) is 0 Å². The third kappa shape index (κ3) is 6.55. The minimum absolute atomic E-state index is 0.0228. The Bertz CT molecular complexity index is 1070. The van der Waals surface area contributed by atoms with E-state index in [1.807, 2.05) is 67.0 Å². The van der Waals surface area contributed by atoms with E-state index in [-0.39, 0.29) is 11.1 Å². The van der Waals surface area contributed by atoms with Gasteiger partial charge in [-0.1, -0.05) is 18.2 Å². The van der Waals surface area contributed by atoms with E-state index in [2.05, 4.69) is 60.3 Å². The Morgan fingerprint density at radius 1 is 0.941 bits per heavy atom. The molecule has 1 aromatic heterocycles. The van der Waals surface area contributed by atoms with Gasteiger partial charge in [-0.25, -0.2) is 0 Å². The van der Waals surface area contributed by atoms with Crippen molar-refractivity contribution in [3.63, 3.8) is 0 Å². The fraction of sp³-hybridized carbons (Fsp3) is 0.357. The van der Waals surface area contributed by atoms with Crippen molar-refractivity contribution >= 4 is 23.0 Å². The molecular weight excluding hydrogens is 440 g/mol. The van der Waals surface area contributed by atoms with Gasteiger partial charge in [0, 0.05) is 41.7 Å². The van der Waals surface area contributed by atoms with Gasteiger partial charge >= 0.3 is 0 Å². The van der Waals surface area contributed by atoms with E-state index in [9.17, 15) is 0 Å². The van der Waals surface area contributed by atoms with Gasteiger partial charge in [-0.2, -0.15) is 0 Å². The second kappa shape index (κ2) is 10.1. The predicted molar refractivity (Wildman–Crippen MR) is 143 cm³/mol. The molecule has 0 amide bonds. The molecule has 0 spiro atoms. The maximum atomic E-state index is 5.97. The lowest BCUT2D eigenvalue weighted by Crippen LogP contribution is -2.63. The molecule has 1 aliphatic heterocycles. The number of thiocarbonyl (C=S) groups is 1. The van der Waals surface area contributed by atoms with Crippen molar-refractivity contribution in [2.75, 3.05) is 5.32 Å². The van der Waals surface area contributed by atoms with E-state index in [4.69, 9.17) is 17.0 Å². The summed E-state index contributed by atoms with van der Waals surface area (Å²) < 4.78 is 5.92. The SMILES string of the molecule is CC1(C)CC(N(Cc2ccncc2)C(=S)Nc2ccc(Oc3ccccc3)cc2)CC(C)(C)N1. The second-order valence-corrected chi connectivity index (χ2v) is 10.7. The van der Waals surface area contributed by atoms with Crippen LogP contribution in [0.3, 0.4) is 0 Å². The van der Waals surface area contributed by atoms with E-state index in [1.165, 1.54) is 5.56 Å². The quantitative estimate of drug-likeness (QED) is 0.404. The lowest BCUT2D eigenvalue weighted by molar-refractivity contribution is 0.101. The molecule has 1 aliphatic rings. The van der Waals surface area contributed by atoms with Gasteiger partial charge in [-0.15, -0.1) is 0 Å². The van der Waals surface area contributed by atoms with Crippen LogP contribution < -0.4 is 15.4 Å². The second-order valence-electron chi connectivity index (χ2n) is 10.3. The maximum Gasteiger partial charge on any atom is 0.173 e. The number of hydrogen-bond acceptors (Lipinski definition) is 4. The Balaban J connectivity index is 1.51. The van der Waals surface area contributed by atoms with Crippen molar-refractivity contribution < 1.29 is 4.74 Å². The van der Waals surface area contributed by atoms with Crippen molar-refractivity contribution in [3.8, 4) is 11.5 Å². The van der Waals surface area contributed by atoms with Gasteiger partial charge in [0.05, 0.1) is 0 Å². The van der Waals surface area contributed by atoms with Gasteiger partial charge in [0.25, 0.3) is 0 Å². The average molecular weight is 475 g/mol. The number of hydrogen-bond donors (Lipinski definition) is 2. The molecule has 0 bridgehead atoms. The van der Waals surface area contributed by atoms with E-state index < -0.39 is 0 Å². The molecule has 3 aromatic rings. The lowest BCUT2D eigenvalue weighted by atomic mass is 9.79. The number of aromatic nitrogens is 1. The van der Waals surface area contributed by atoms with Crippen LogP contribution >= 0.6 is 12.2 Å². The van der Waals surface area contributed by atoms with Crippen LogP contribution in [-0.4, -0.2) is 32.1 Å². The highest BCUT2D eigenvalue weighted by molar-refractivity contribution is 7.80. The molecule has 2 heterocycles. The molecule has 1 fully saturated rings. The van der Waals surface area contributed by atoms with Gasteiger partial charge in [0.15, 0.2) is 5.11 Å². The van der Waals surface area contributed by atoms with Gasteiger partial charge in [-0.3, -0.25) is 4.98 Å². The summed E-state index contributed by atoms with van der Waals surface area (Å²) in [5, 5.41) is 7.98. The minimum atomic E-state index is 0.0228. The van der Waals surface area contributed by atoms with Crippen molar-refractivity contribution in [1.82, 2.24) is 15.2 Å². The summed E-state index contributed by atoms with van der Waals surface area (Å²) in [6, 6.07) is 22.1. The number of anilines is 1. The normalized spacial score (nSPS) is 17.1. The van der Waals surface area contributed by atoms with Gasteiger partial charge < -0.3 is 20.3 Å². The third-order valence-corrected chi connectivity index (χ3v) is 6.39. The topological polar surface area (TPSA) is 49.4 Å². The van der Waals surface area contributed by atoms with E-state index in [1.54, 1.807) is 0 Å². The monoisotopic (exact) mass is 474 g/mol. The fourth-order valence-corrected chi connectivity index (χ4v) is 5.30. The van der Waals surface area contributed by atoms with Gasteiger partial charge in [0.2, 0.25) is 0 Å². The van der Waals surface area contributed by atoms with Crippen LogP contribution in [-0.2, 0) is 6.54 Å². The standard InChI is InChI=1S/C28H34N4OS/c1-27(2)18-23(19-28(3,4)31-27)32(20-21-14-16-29-17-15-21)26(34)30-22-10-12-25(13-11-22)33-24-8-6-5-7-9-24/h5-17,23,31H,18-20H2,1-4H3,(H,30,34). The largest absolute Gasteiger partial charge is 0.457 e. The highest BCUT2D eigenvalue weighted by Gasteiger charge is 2.40. The van der Waals surface area contributed by atoms with Gasteiger partial charge in [0.1, 0.15) is 11.5 Å². The third-order valence-electron chi connectivity index (χ3n) is 6.06. The molecule has 4 rings (SSSR count). The van der Waals surface area contributed by atoms with Crippen LogP contribution in [0, 0.1) is 0 Å². The average Bonchev–Trinajstić information content (AvgIpc) is 2.78. The van der Waals surface area contributed by atoms with Crippen molar-refractivity contribution in [3.05, 3.63) is 84.7 Å². The molecule has 2 N–H and O–H groups in total. The van der Waals surface area contributed by atoms with Crippen LogP contribution in [0.5, 0.6) is 11.5 Å². The molecule has 178 valence electrons. The summed E-state index contributed by atoms with van der Waals surface area (Å²) in [7, 11) is 0. The summed E-state index contributed by atoms with van der Waals surface area (Å²) in [4.78, 5) is 6.51. The van der Waals surface area contributed by atoms with Crippen LogP contribution in [0.1, 0.15) is 46.1 Å². The summed E-state index contributed by atoms with van der Waals surface area (Å²) in [6.07, 6.45) is 5.69. The predicted octanol–water partition coefficient (Wildman–Crippen LogP) is 6.38. The maximum absolute atomic E-state index is 5.97. The summed E-state index contributed by atoms with van der Waals surface area (Å²) >= 11 is 5.97. The van der Waals surface area contributed by atoms with Crippen molar-refractivity contribution in [2.45, 2.75) is 64.2 Å². The van der Waals surface area contributed by atoms with Crippen LogP contribution in [0.15, 0.2) is 79.1 Å². The van der Waals surface area contributed by atoms with Crippen molar-refractivity contribution in [2.24, 2.45) is 0 Å². The summed E-state index contributed by atoms with van der Waals surface area (Å²) in [5.74, 6) is 1.61. The number of para-hydroxylation sites is 1. The molecule has 0 atom stereocenters. The van der Waals surface area contributed by atoms with Crippen LogP contribution in [0.2, 0.25) is 0 Å². The Morgan fingerprint density at radius 2 is 1.53 bits per heavy atom. The highest BCUT2D eigenvalue weighted by Crippen LogP contribution is 2.33. The molecule has 0 unspecified atom stereocenters. The molecule has 0 saturated carbocycles. The number of nitrogens with one attached hydrogen (secondary N) is 2. The molecule has 5 nitrogen and oxygen atoms in total. The summed E-state index contributed by atoms with van der Waals surface area (Å²) in [6.45, 7) is 9.82. The Morgan fingerprint density at radius 3 is 2.15 bits per heavy atom. The molecule has 0 radical (unpaired) electrons. The zero-order chi connectivity index (χ0) is 24.2.